The number of benzene rings is 1. The minimum atomic E-state index is -0.284. The maximum atomic E-state index is 14.0. The Bertz CT molecular complexity index is 855. The van der Waals surface area contributed by atoms with E-state index in [-0.39, 0.29) is 35.8 Å². The first-order valence-electron chi connectivity index (χ1n) is 10.8. The lowest BCUT2D eigenvalue weighted by Crippen LogP contribution is -2.44. The van der Waals surface area contributed by atoms with Crippen LogP contribution >= 0.6 is 24.0 Å². The van der Waals surface area contributed by atoms with Crippen molar-refractivity contribution in [1.29, 1.82) is 0 Å². The molecular weight excluding hydrogens is 524 g/mol. The largest absolute Gasteiger partial charge is 0.493 e. The van der Waals surface area contributed by atoms with Crippen molar-refractivity contribution >= 4 is 35.8 Å². The molecule has 1 aromatic heterocycles. The van der Waals surface area contributed by atoms with Crippen LogP contribution in [0.5, 0.6) is 5.75 Å². The molecule has 3 rings (SSSR count). The predicted octanol–water partition coefficient (Wildman–Crippen LogP) is 3.59. The monoisotopic (exact) mass is 557 g/mol. The summed E-state index contributed by atoms with van der Waals surface area (Å²) in [4.78, 5) is 10.9. The summed E-state index contributed by atoms with van der Waals surface area (Å²) < 4.78 is 24.9. The Morgan fingerprint density at radius 1 is 1.28 bits per heavy atom. The van der Waals surface area contributed by atoms with Crippen LogP contribution in [0.4, 0.5) is 10.2 Å². The van der Waals surface area contributed by atoms with E-state index in [1.807, 2.05) is 36.1 Å². The molecule has 1 aliphatic heterocycles. The minimum absolute atomic E-state index is 0. The molecule has 176 valence electrons. The molecule has 1 saturated heterocycles. The molecule has 0 saturated carbocycles. The Kier molecular flexibility index (Phi) is 11.5. The van der Waals surface area contributed by atoms with Gasteiger partial charge in [-0.2, -0.15) is 0 Å². The van der Waals surface area contributed by atoms with E-state index in [1.54, 1.807) is 19.4 Å². The second kappa shape index (κ2) is 14.1. The number of halogens is 2. The highest BCUT2D eigenvalue weighted by Gasteiger charge is 2.25. The molecule has 0 radical (unpaired) electrons. The third-order valence-corrected chi connectivity index (χ3v) is 4.99. The van der Waals surface area contributed by atoms with Gasteiger partial charge in [-0.1, -0.05) is 12.1 Å². The van der Waals surface area contributed by atoms with Gasteiger partial charge in [-0.3, -0.25) is 0 Å². The number of guanidine groups is 1. The number of aromatic nitrogens is 1. The third-order valence-electron chi connectivity index (χ3n) is 4.99. The minimum Gasteiger partial charge on any atom is -0.493 e. The third kappa shape index (κ3) is 8.09. The lowest BCUT2D eigenvalue weighted by molar-refractivity contribution is 0.172. The molecule has 0 bridgehead atoms. The number of hydrogen-bond donors (Lipinski definition) is 2. The maximum absolute atomic E-state index is 14.0. The van der Waals surface area contributed by atoms with Gasteiger partial charge in [-0.05, 0) is 43.2 Å². The number of nitrogens with one attached hydrogen (secondary N) is 2. The van der Waals surface area contributed by atoms with Gasteiger partial charge in [0.25, 0.3) is 0 Å². The Morgan fingerprint density at radius 3 is 2.94 bits per heavy atom. The van der Waals surface area contributed by atoms with Crippen LogP contribution in [0.3, 0.4) is 0 Å². The number of pyridine rings is 1. The van der Waals surface area contributed by atoms with Crippen molar-refractivity contribution in [2.75, 3.05) is 44.9 Å². The second-order valence-electron chi connectivity index (χ2n) is 7.42. The summed E-state index contributed by atoms with van der Waals surface area (Å²) in [5.41, 5.74) is 1.07. The average molecular weight is 557 g/mol. The second-order valence-corrected chi connectivity index (χ2v) is 7.42. The Labute approximate surface area is 206 Å². The maximum Gasteiger partial charge on any atom is 0.191 e. The van der Waals surface area contributed by atoms with Crippen LogP contribution < -0.4 is 20.3 Å². The van der Waals surface area contributed by atoms with Gasteiger partial charge in [0.15, 0.2) is 17.6 Å². The summed E-state index contributed by atoms with van der Waals surface area (Å²) in [5, 5.41) is 6.77. The van der Waals surface area contributed by atoms with E-state index in [0.717, 1.165) is 43.2 Å². The van der Waals surface area contributed by atoms with Crippen LogP contribution in [0.1, 0.15) is 25.3 Å². The number of anilines is 1. The molecule has 1 fully saturated rings. The van der Waals surface area contributed by atoms with E-state index >= 15 is 0 Å². The van der Waals surface area contributed by atoms with Crippen LogP contribution in [-0.4, -0.2) is 56.9 Å². The summed E-state index contributed by atoms with van der Waals surface area (Å²) in [6.07, 6.45) is 3.37. The molecule has 0 spiro atoms. The summed E-state index contributed by atoms with van der Waals surface area (Å²) >= 11 is 0. The molecule has 1 unspecified atom stereocenters. The topological polar surface area (TPSA) is 71.0 Å². The van der Waals surface area contributed by atoms with E-state index in [1.165, 1.54) is 6.07 Å². The van der Waals surface area contributed by atoms with Crippen molar-refractivity contribution in [3.05, 3.63) is 54.0 Å². The first kappa shape index (κ1) is 26.1. The zero-order valence-corrected chi connectivity index (χ0v) is 21.1. The van der Waals surface area contributed by atoms with Gasteiger partial charge in [-0.25, -0.2) is 14.4 Å². The van der Waals surface area contributed by atoms with Crippen molar-refractivity contribution in [3.63, 3.8) is 0 Å². The van der Waals surface area contributed by atoms with E-state index in [0.29, 0.717) is 32.1 Å². The lowest BCUT2D eigenvalue weighted by Gasteiger charge is -2.20. The van der Waals surface area contributed by atoms with Crippen LogP contribution in [0, 0.1) is 5.82 Å². The molecule has 2 N–H and O–H groups in total. The fourth-order valence-electron chi connectivity index (χ4n) is 3.49. The first-order chi connectivity index (χ1) is 15.2. The van der Waals surface area contributed by atoms with Crippen LogP contribution in [0.25, 0.3) is 0 Å². The van der Waals surface area contributed by atoms with Gasteiger partial charge < -0.3 is 25.0 Å². The number of aliphatic imine (C=N–C) groups is 1. The molecule has 32 heavy (non-hydrogen) atoms. The molecule has 7 nitrogen and oxygen atoms in total. The first-order valence-corrected chi connectivity index (χ1v) is 10.8. The Hall–Kier alpha value is -2.14. The molecule has 1 atom stereocenters. The van der Waals surface area contributed by atoms with Crippen LogP contribution in [-0.2, 0) is 11.3 Å². The highest BCUT2D eigenvalue weighted by Crippen LogP contribution is 2.21. The fourth-order valence-corrected chi connectivity index (χ4v) is 3.49. The summed E-state index contributed by atoms with van der Waals surface area (Å²) in [6.45, 7) is 6.09. The van der Waals surface area contributed by atoms with Crippen molar-refractivity contribution < 1.29 is 13.9 Å². The number of ether oxygens (including phenoxy) is 2. The highest BCUT2D eigenvalue weighted by molar-refractivity contribution is 14.0. The molecule has 1 aromatic carbocycles. The van der Waals surface area contributed by atoms with E-state index in [9.17, 15) is 4.39 Å². The van der Waals surface area contributed by atoms with Gasteiger partial charge in [0.1, 0.15) is 5.75 Å². The Balaban J connectivity index is 0.00000363. The SMILES string of the molecule is CCNC(=NCc1cccc(OCCCOC)c1)NC1CCN(c2ncccc2F)C1.I. The van der Waals surface area contributed by atoms with Crippen molar-refractivity contribution in [1.82, 2.24) is 15.6 Å². The molecular formula is C23H33FIN5O2. The number of methoxy groups -OCH3 is 1. The molecule has 0 aliphatic carbocycles. The smallest absolute Gasteiger partial charge is 0.191 e. The van der Waals surface area contributed by atoms with Crippen LogP contribution in [0.15, 0.2) is 47.6 Å². The van der Waals surface area contributed by atoms with Gasteiger partial charge >= 0.3 is 0 Å². The lowest BCUT2D eigenvalue weighted by atomic mass is 10.2. The Morgan fingerprint density at radius 2 is 2.16 bits per heavy atom. The van der Waals surface area contributed by atoms with Crippen LogP contribution in [0.2, 0.25) is 0 Å². The average Bonchev–Trinajstić information content (AvgIpc) is 3.24. The standard InChI is InChI=1S/C23H32FN5O2.HI/c1-3-25-23(27-16-18-7-4-8-20(15-18)31-14-6-13-30-2)28-19-10-12-29(17-19)22-21(24)9-5-11-26-22;/h4-5,7-9,11,15,19H,3,6,10,12-14,16-17H2,1-2H3,(H2,25,27,28);1H. The van der Waals surface area contributed by atoms with Gasteiger partial charge in [0.2, 0.25) is 0 Å². The van der Waals surface area contributed by atoms with Crippen molar-refractivity contribution in [2.24, 2.45) is 4.99 Å². The number of rotatable bonds is 10. The van der Waals surface area contributed by atoms with Crippen molar-refractivity contribution in [2.45, 2.75) is 32.4 Å². The molecule has 9 heteroatoms. The van der Waals surface area contributed by atoms with E-state index in [2.05, 4.69) is 15.6 Å². The van der Waals surface area contributed by atoms with Gasteiger partial charge in [0.05, 0.1) is 13.2 Å². The zero-order valence-electron chi connectivity index (χ0n) is 18.7. The fraction of sp³-hybridized carbons (Fsp3) is 0.478. The number of hydrogen-bond acceptors (Lipinski definition) is 5. The summed E-state index contributed by atoms with van der Waals surface area (Å²) in [6, 6.07) is 11.2. The van der Waals surface area contributed by atoms with Gasteiger partial charge in [0, 0.05) is 52.0 Å². The van der Waals surface area contributed by atoms with Crippen molar-refractivity contribution in [3.8, 4) is 5.75 Å². The zero-order chi connectivity index (χ0) is 21.9. The quantitative estimate of drug-likeness (QED) is 0.202. The molecule has 0 amide bonds. The number of nitrogens with zero attached hydrogens (tertiary/aromatic N) is 3. The van der Waals surface area contributed by atoms with Gasteiger partial charge in [-0.15, -0.1) is 24.0 Å². The molecule has 1 aliphatic rings. The summed E-state index contributed by atoms with van der Waals surface area (Å²) in [5.74, 6) is 1.72. The normalized spacial score (nSPS) is 15.9. The van der Waals surface area contributed by atoms with E-state index in [4.69, 9.17) is 14.5 Å². The molecule has 2 heterocycles. The highest BCUT2D eigenvalue weighted by atomic mass is 127. The summed E-state index contributed by atoms with van der Waals surface area (Å²) in [7, 11) is 1.69. The molecule has 2 aromatic rings. The predicted molar refractivity (Wildman–Crippen MR) is 137 cm³/mol. The van der Waals surface area contributed by atoms with E-state index < -0.39 is 0 Å².